The van der Waals surface area contributed by atoms with E-state index in [0.29, 0.717) is 17.2 Å². The van der Waals surface area contributed by atoms with E-state index in [0.717, 1.165) is 31.2 Å². The predicted octanol–water partition coefficient (Wildman–Crippen LogP) is 3.99. The summed E-state index contributed by atoms with van der Waals surface area (Å²) in [5, 5.41) is 0. The van der Waals surface area contributed by atoms with Crippen LogP contribution < -0.4 is 14.2 Å². The molecule has 1 aliphatic carbocycles. The number of benzene rings is 1. The molecule has 0 bridgehead atoms. The topological polar surface area (TPSA) is 54.0 Å². The number of ether oxygens (including phenoxy) is 4. The van der Waals surface area contributed by atoms with Crippen LogP contribution in [0.5, 0.6) is 17.2 Å². The average molecular weight is 334 g/mol. The molecule has 1 fully saturated rings. The first kappa shape index (κ1) is 18.2. The van der Waals surface area contributed by atoms with Crippen LogP contribution in [-0.2, 0) is 9.53 Å². The summed E-state index contributed by atoms with van der Waals surface area (Å²) in [6, 6.07) is 3.58. The Labute approximate surface area is 143 Å². The first-order chi connectivity index (χ1) is 11.7. The van der Waals surface area contributed by atoms with Gasteiger partial charge in [0.05, 0.1) is 21.3 Å². The van der Waals surface area contributed by atoms with Crippen molar-refractivity contribution in [3.05, 3.63) is 23.8 Å². The van der Waals surface area contributed by atoms with Crippen LogP contribution in [0.25, 0.3) is 6.08 Å². The number of rotatable bonds is 6. The van der Waals surface area contributed by atoms with Gasteiger partial charge in [-0.25, -0.2) is 4.79 Å². The van der Waals surface area contributed by atoms with Crippen molar-refractivity contribution in [1.82, 2.24) is 0 Å². The van der Waals surface area contributed by atoms with Crippen molar-refractivity contribution in [2.45, 2.75) is 44.6 Å². The van der Waals surface area contributed by atoms with Crippen LogP contribution in [0.15, 0.2) is 18.2 Å². The lowest BCUT2D eigenvalue weighted by atomic mass is 10.1. The van der Waals surface area contributed by atoms with Gasteiger partial charge in [0, 0.05) is 6.08 Å². The summed E-state index contributed by atoms with van der Waals surface area (Å²) in [6.07, 6.45) is 9.85. The van der Waals surface area contributed by atoms with Crippen molar-refractivity contribution in [1.29, 1.82) is 0 Å². The SMILES string of the molecule is COc1cc(/C=C/C(=O)OC2CCCCCC2)cc(OC)c1OC. The number of hydrogen-bond donors (Lipinski definition) is 0. The Morgan fingerprint density at radius 3 is 2.04 bits per heavy atom. The first-order valence-corrected chi connectivity index (χ1v) is 8.36. The maximum Gasteiger partial charge on any atom is 0.331 e. The number of hydrogen-bond acceptors (Lipinski definition) is 5. The molecule has 2 rings (SSSR count). The van der Waals surface area contributed by atoms with Crippen molar-refractivity contribution >= 4 is 12.0 Å². The van der Waals surface area contributed by atoms with Crippen molar-refractivity contribution in [2.24, 2.45) is 0 Å². The molecular weight excluding hydrogens is 308 g/mol. The molecule has 1 aromatic rings. The van der Waals surface area contributed by atoms with Crippen molar-refractivity contribution in [2.75, 3.05) is 21.3 Å². The van der Waals surface area contributed by atoms with Crippen LogP contribution in [0, 0.1) is 0 Å². The summed E-state index contributed by atoms with van der Waals surface area (Å²) < 4.78 is 21.4. The van der Waals surface area contributed by atoms with E-state index in [-0.39, 0.29) is 12.1 Å². The molecule has 0 heterocycles. The minimum atomic E-state index is -0.310. The minimum absolute atomic E-state index is 0.0459. The second kappa shape index (κ2) is 9.21. The standard InChI is InChI=1S/C19H26O5/c1-21-16-12-14(13-17(22-2)19(16)23-3)10-11-18(20)24-15-8-6-4-5-7-9-15/h10-13,15H,4-9H2,1-3H3/b11-10+. The predicted molar refractivity (Wildman–Crippen MR) is 92.7 cm³/mol. The van der Waals surface area contributed by atoms with Gasteiger partial charge in [-0.3, -0.25) is 0 Å². The van der Waals surface area contributed by atoms with Crippen LogP contribution in [0.1, 0.15) is 44.1 Å². The largest absolute Gasteiger partial charge is 0.493 e. The lowest BCUT2D eigenvalue weighted by Crippen LogP contribution is -2.15. The monoisotopic (exact) mass is 334 g/mol. The molecule has 1 aliphatic rings. The van der Waals surface area contributed by atoms with E-state index < -0.39 is 0 Å². The first-order valence-electron chi connectivity index (χ1n) is 8.36. The van der Waals surface area contributed by atoms with E-state index in [2.05, 4.69) is 0 Å². The van der Waals surface area contributed by atoms with Crippen molar-refractivity contribution < 1.29 is 23.7 Å². The smallest absolute Gasteiger partial charge is 0.331 e. The van der Waals surface area contributed by atoms with Crippen LogP contribution in [0.3, 0.4) is 0 Å². The minimum Gasteiger partial charge on any atom is -0.493 e. The molecule has 24 heavy (non-hydrogen) atoms. The van der Waals surface area contributed by atoms with Crippen molar-refractivity contribution in [3.8, 4) is 17.2 Å². The molecule has 132 valence electrons. The van der Waals surface area contributed by atoms with Crippen LogP contribution >= 0.6 is 0 Å². The third kappa shape index (κ3) is 4.91. The second-order valence-corrected chi connectivity index (χ2v) is 5.84. The molecular formula is C19H26O5. The normalized spacial score (nSPS) is 15.8. The fourth-order valence-electron chi connectivity index (χ4n) is 2.93. The van der Waals surface area contributed by atoms with Gasteiger partial charge >= 0.3 is 5.97 Å². The van der Waals surface area contributed by atoms with E-state index in [1.165, 1.54) is 18.9 Å². The van der Waals surface area contributed by atoms with Gasteiger partial charge in [0.15, 0.2) is 11.5 Å². The lowest BCUT2D eigenvalue weighted by Gasteiger charge is -2.14. The third-order valence-corrected chi connectivity index (χ3v) is 4.18. The zero-order chi connectivity index (χ0) is 17.4. The summed E-state index contributed by atoms with van der Waals surface area (Å²) >= 11 is 0. The number of methoxy groups -OCH3 is 3. The molecule has 0 saturated heterocycles. The van der Waals surface area contributed by atoms with Crippen LogP contribution in [0.2, 0.25) is 0 Å². The maximum absolute atomic E-state index is 12.0. The summed E-state index contributed by atoms with van der Waals surface area (Å²) in [6.45, 7) is 0. The average Bonchev–Trinajstić information content (AvgIpc) is 2.87. The zero-order valence-corrected chi connectivity index (χ0v) is 14.7. The Morgan fingerprint density at radius 1 is 0.958 bits per heavy atom. The molecule has 0 N–H and O–H groups in total. The molecule has 0 spiro atoms. The summed E-state index contributed by atoms with van der Waals surface area (Å²) in [5.41, 5.74) is 0.780. The van der Waals surface area contributed by atoms with Gasteiger partial charge in [0.1, 0.15) is 6.10 Å². The Kier molecular flexibility index (Phi) is 6.97. The van der Waals surface area contributed by atoms with Crippen LogP contribution in [0.4, 0.5) is 0 Å². The van der Waals surface area contributed by atoms with E-state index in [4.69, 9.17) is 18.9 Å². The highest BCUT2D eigenvalue weighted by molar-refractivity contribution is 5.87. The molecule has 0 radical (unpaired) electrons. The van der Waals surface area contributed by atoms with Gasteiger partial charge in [-0.15, -0.1) is 0 Å². The van der Waals surface area contributed by atoms with E-state index in [1.807, 2.05) is 0 Å². The lowest BCUT2D eigenvalue weighted by molar-refractivity contribution is -0.143. The van der Waals surface area contributed by atoms with Gasteiger partial charge in [-0.05, 0) is 49.5 Å². The second-order valence-electron chi connectivity index (χ2n) is 5.84. The summed E-state index contributed by atoms with van der Waals surface area (Å²) in [4.78, 5) is 12.0. The molecule has 0 atom stereocenters. The highest BCUT2D eigenvalue weighted by Crippen LogP contribution is 2.38. The fourth-order valence-corrected chi connectivity index (χ4v) is 2.93. The highest BCUT2D eigenvalue weighted by Gasteiger charge is 2.16. The molecule has 5 nitrogen and oxygen atoms in total. The van der Waals surface area contributed by atoms with Gasteiger partial charge in [-0.1, -0.05) is 12.8 Å². The quantitative estimate of drug-likeness (QED) is 0.447. The van der Waals surface area contributed by atoms with Gasteiger partial charge in [0.25, 0.3) is 0 Å². The number of esters is 1. The fraction of sp³-hybridized carbons (Fsp3) is 0.526. The van der Waals surface area contributed by atoms with Crippen LogP contribution in [-0.4, -0.2) is 33.4 Å². The van der Waals surface area contributed by atoms with Crippen molar-refractivity contribution in [3.63, 3.8) is 0 Å². The number of carbonyl (C=O) groups is 1. The molecule has 0 aliphatic heterocycles. The molecule has 0 unspecified atom stereocenters. The Hall–Kier alpha value is -2.17. The third-order valence-electron chi connectivity index (χ3n) is 4.18. The molecule has 1 saturated carbocycles. The molecule has 0 aromatic heterocycles. The highest BCUT2D eigenvalue weighted by atomic mass is 16.5. The van der Waals surface area contributed by atoms with E-state index in [9.17, 15) is 4.79 Å². The summed E-state index contributed by atoms with van der Waals surface area (Å²) in [5.74, 6) is 1.32. The molecule has 5 heteroatoms. The van der Waals surface area contributed by atoms with E-state index in [1.54, 1.807) is 39.5 Å². The summed E-state index contributed by atoms with van der Waals surface area (Å²) in [7, 11) is 4.68. The van der Waals surface area contributed by atoms with Gasteiger partial charge in [0.2, 0.25) is 5.75 Å². The number of carbonyl (C=O) groups excluding carboxylic acids is 1. The Balaban J connectivity index is 2.05. The zero-order valence-electron chi connectivity index (χ0n) is 14.7. The van der Waals surface area contributed by atoms with Gasteiger partial charge in [-0.2, -0.15) is 0 Å². The molecule has 1 aromatic carbocycles. The Morgan fingerprint density at radius 2 is 1.54 bits per heavy atom. The Bertz CT molecular complexity index is 546. The van der Waals surface area contributed by atoms with Gasteiger partial charge < -0.3 is 18.9 Å². The maximum atomic E-state index is 12.0. The van der Waals surface area contributed by atoms with E-state index >= 15 is 0 Å². The molecule has 0 amide bonds.